The molecule has 0 fully saturated rings. The number of aromatic nitrogens is 2. The number of hydrogen-bond acceptors (Lipinski definition) is 3. The summed E-state index contributed by atoms with van der Waals surface area (Å²) in [6.45, 7) is 5.14. The number of nitrogens with one attached hydrogen (secondary N) is 1. The molecule has 0 aliphatic rings. The molecule has 1 N–H and O–H groups in total. The van der Waals surface area contributed by atoms with E-state index in [0.717, 1.165) is 42.8 Å². The number of benzene rings is 1. The van der Waals surface area contributed by atoms with Crippen LogP contribution in [0.15, 0.2) is 24.3 Å². The van der Waals surface area contributed by atoms with E-state index >= 15 is 0 Å². The summed E-state index contributed by atoms with van der Waals surface area (Å²) in [4.78, 5) is 9.38. The van der Waals surface area contributed by atoms with Gasteiger partial charge in [0.1, 0.15) is 5.82 Å². The number of likely N-dealkylation sites (N-methyl/N-ethyl adjacent to an activating group) is 1. The predicted molar refractivity (Wildman–Crippen MR) is 83.8 cm³/mol. The van der Waals surface area contributed by atoms with Gasteiger partial charge in [0.25, 0.3) is 0 Å². The number of nitrogens with zero attached hydrogens (tertiary/aromatic N) is 2. The Balaban J connectivity index is 2.46. The maximum atomic E-state index is 13.0. The topological polar surface area (TPSA) is 37.8 Å². The highest BCUT2D eigenvalue weighted by atomic mass is 19.1. The molecule has 0 radical (unpaired) electrons. The monoisotopic (exact) mass is 287 g/mol. The highest BCUT2D eigenvalue weighted by Crippen LogP contribution is 2.21. The van der Waals surface area contributed by atoms with Gasteiger partial charge in [-0.3, -0.25) is 0 Å². The summed E-state index contributed by atoms with van der Waals surface area (Å²) in [7, 11) is 1.95. The Morgan fingerprint density at radius 1 is 1.00 bits per heavy atom. The molecular weight excluding hydrogens is 265 g/mol. The van der Waals surface area contributed by atoms with Gasteiger partial charge < -0.3 is 5.32 Å². The summed E-state index contributed by atoms with van der Waals surface area (Å²) in [5.74, 6) is 0.452. The van der Waals surface area contributed by atoms with Gasteiger partial charge in [-0.05, 0) is 62.7 Å². The summed E-state index contributed by atoms with van der Waals surface area (Å²) in [6.07, 6.45) is 2.69. The van der Waals surface area contributed by atoms with E-state index in [4.69, 9.17) is 9.97 Å². The van der Waals surface area contributed by atoms with E-state index in [9.17, 15) is 4.39 Å². The maximum absolute atomic E-state index is 13.0. The molecule has 0 bridgehead atoms. The second-order valence-corrected chi connectivity index (χ2v) is 4.99. The highest BCUT2D eigenvalue weighted by Gasteiger charge is 2.13. The lowest BCUT2D eigenvalue weighted by atomic mass is 10.0. The van der Waals surface area contributed by atoms with Crippen LogP contribution in [0.4, 0.5) is 4.39 Å². The smallest absolute Gasteiger partial charge is 0.159 e. The van der Waals surface area contributed by atoms with E-state index in [1.54, 1.807) is 12.1 Å². The van der Waals surface area contributed by atoms with Crippen LogP contribution in [-0.2, 0) is 19.3 Å². The van der Waals surface area contributed by atoms with Crippen LogP contribution in [0.1, 0.15) is 30.8 Å². The minimum atomic E-state index is -0.240. The van der Waals surface area contributed by atoms with E-state index in [0.29, 0.717) is 5.82 Å². The Morgan fingerprint density at radius 2 is 1.57 bits per heavy atom. The van der Waals surface area contributed by atoms with Crippen molar-refractivity contribution in [3.63, 3.8) is 0 Å². The molecule has 1 aromatic heterocycles. The van der Waals surface area contributed by atoms with Gasteiger partial charge in [-0.15, -0.1) is 0 Å². The minimum absolute atomic E-state index is 0.240. The molecule has 0 atom stereocenters. The SMILES string of the molecule is CCc1nc(-c2ccc(F)cc2)nc(CC)c1CCNC. The van der Waals surface area contributed by atoms with Crippen LogP contribution in [0, 0.1) is 5.82 Å². The van der Waals surface area contributed by atoms with Gasteiger partial charge in [0.05, 0.1) is 0 Å². The average molecular weight is 287 g/mol. The molecule has 4 heteroatoms. The van der Waals surface area contributed by atoms with Gasteiger partial charge in [0, 0.05) is 17.0 Å². The maximum Gasteiger partial charge on any atom is 0.159 e. The second-order valence-electron chi connectivity index (χ2n) is 4.99. The summed E-state index contributed by atoms with van der Waals surface area (Å²) < 4.78 is 13.0. The van der Waals surface area contributed by atoms with Gasteiger partial charge in [0.15, 0.2) is 5.82 Å². The quantitative estimate of drug-likeness (QED) is 0.887. The van der Waals surface area contributed by atoms with Crippen molar-refractivity contribution >= 4 is 0 Å². The van der Waals surface area contributed by atoms with Crippen molar-refractivity contribution in [3.8, 4) is 11.4 Å². The molecule has 0 amide bonds. The number of rotatable bonds is 6. The first-order valence-corrected chi connectivity index (χ1v) is 7.48. The Hall–Kier alpha value is -1.81. The Morgan fingerprint density at radius 3 is 2.05 bits per heavy atom. The summed E-state index contributed by atoms with van der Waals surface area (Å²) in [6, 6.07) is 6.36. The van der Waals surface area contributed by atoms with E-state index in [1.807, 2.05) is 7.05 Å². The van der Waals surface area contributed by atoms with Crippen LogP contribution < -0.4 is 5.32 Å². The lowest BCUT2D eigenvalue weighted by Crippen LogP contribution is -2.15. The molecule has 1 heterocycles. The van der Waals surface area contributed by atoms with Crippen molar-refractivity contribution in [2.75, 3.05) is 13.6 Å². The van der Waals surface area contributed by atoms with Crippen molar-refractivity contribution in [2.24, 2.45) is 0 Å². The van der Waals surface area contributed by atoms with Crippen LogP contribution in [-0.4, -0.2) is 23.6 Å². The van der Waals surface area contributed by atoms with E-state index < -0.39 is 0 Å². The molecule has 2 rings (SSSR count). The van der Waals surface area contributed by atoms with Crippen LogP contribution >= 0.6 is 0 Å². The lowest BCUT2D eigenvalue weighted by molar-refractivity contribution is 0.628. The highest BCUT2D eigenvalue weighted by molar-refractivity contribution is 5.55. The first-order chi connectivity index (χ1) is 10.2. The molecule has 0 aliphatic carbocycles. The molecule has 2 aromatic rings. The lowest BCUT2D eigenvalue weighted by Gasteiger charge is -2.14. The van der Waals surface area contributed by atoms with Crippen molar-refractivity contribution in [2.45, 2.75) is 33.1 Å². The zero-order chi connectivity index (χ0) is 15.2. The van der Waals surface area contributed by atoms with Crippen LogP contribution in [0.5, 0.6) is 0 Å². The molecule has 0 aliphatic heterocycles. The number of aryl methyl sites for hydroxylation is 2. The fraction of sp³-hybridized carbons (Fsp3) is 0.412. The molecule has 0 unspecified atom stereocenters. The van der Waals surface area contributed by atoms with Gasteiger partial charge in [-0.25, -0.2) is 14.4 Å². The minimum Gasteiger partial charge on any atom is -0.319 e. The van der Waals surface area contributed by atoms with Crippen LogP contribution in [0.3, 0.4) is 0 Å². The summed E-state index contributed by atoms with van der Waals surface area (Å²) in [5, 5.41) is 3.17. The van der Waals surface area contributed by atoms with Crippen molar-refractivity contribution in [1.29, 1.82) is 0 Å². The molecular formula is C17H22FN3. The third kappa shape index (κ3) is 3.64. The third-order valence-electron chi connectivity index (χ3n) is 3.58. The number of halogens is 1. The Bertz CT molecular complexity index is 568. The first kappa shape index (κ1) is 15.6. The molecule has 0 spiro atoms. The fourth-order valence-electron chi connectivity index (χ4n) is 2.43. The van der Waals surface area contributed by atoms with Crippen molar-refractivity contribution in [3.05, 3.63) is 47.0 Å². The average Bonchev–Trinajstić information content (AvgIpc) is 2.52. The van der Waals surface area contributed by atoms with Gasteiger partial charge in [-0.2, -0.15) is 0 Å². The van der Waals surface area contributed by atoms with E-state index in [1.165, 1.54) is 17.7 Å². The predicted octanol–water partition coefficient (Wildman–Crippen LogP) is 3.17. The van der Waals surface area contributed by atoms with Gasteiger partial charge in [-0.1, -0.05) is 13.8 Å². The molecule has 0 saturated heterocycles. The molecule has 21 heavy (non-hydrogen) atoms. The Kier molecular flexibility index (Phi) is 5.39. The standard InChI is InChI=1S/C17H22FN3/c1-4-15-14(10-11-19-3)16(5-2)21-17(20-15)12-6-8-13(18)9-7-12/h6-9,19H,4-5,10-11H2,1-3H3. The number of hydrogen-bond donors (Lipinski definition) is 1. The molecule has 112 valence electrons. The van der Waals surface area contributed by atoms with Crippen LogP contribution in [0.2, 0.25) is 0 Å². The zero-order valence-electron chi connectivity index (χ0n) is 12.9. The third-order valence-corrected chi connectivity index (χ3v) is 3.58. The van der Waals surface area contributed by atoms with Gasteiger partial charge in [0.2, 0.25) is 0 Å². The van der Waals surface area contributed by atoms with E-state index in [-0.39, 0.29) is 5.82 Å². The van der Waals surface area contributed by atoms with Gasteiger partial charge >= 0.3 is 0 Å². The largest absolute Gasteiger partial charge is 0.319 e. The first-order valence-electron chi connectivity index (χ1n) is 7.48. The fourth-order valence-corrected chi connectivity index (χ4v) is 2.43. The summed E-state index contributed by atoms with van der Waals surface area (Å²) in [5.41, 5.74) is 4.30. The molecule has 0 saturated carbocycles. The van der Waals surface area contributed by atoms with Crippen molar-refractivity contribution in [1.82, 2.24) is 15.3 Å². The van der Waals surface area contributed by atoms with E-state index in [2.05, 4.69) is 19.2 Å². The normalized spacial score (nSPS) is 10.9. The van der Waals surface area contributed by atoms with Crippen molar-refractivity contribution < 1.29 is 4.39 Å². The molecule has 1 aromatic carbocycles. The zero-order valence-corrected chi connectivity index (χ0v) is 12.9. The van der Waals surface area contributed by atoms with Crippen LogP contribution in [0.25, 0.3) is 11.4 Å². The Labute approximate surface area is 125 Å². The molecule has 3 nitrogen and oxygen atoms in total. The summed E-state index contributed by atoms with van der Waals surface area (Å²) >= 11 is 0. The second kappa shape index (κ2) is 7.27.